The molecule has 0 aliphatic carbocycles. The Morgan fingerprint density at radius 1 is 1.38 bits per heavy atom. The number of benzene rings is 1. The molecular weight excluding hydrogens is 162 g/mol. The normalized spacial score (nSPS) is 9.15. The van der Waals surface area contributed by atoms with E-state index in [-0.39, 0.29) is 0 Å². The first-order valence-corrected chi connectivity index (χ1v) is 4.02. The van der Waals surface area contributed by atoms with Gasteiger partial charge in [-0.2, -0.15) is 5.26 Å². The minimum Gasteiger partial charge on any atom is -0.371 e. The van der Waals surface area contributed by atoms with Gasteiger partial charge in [0.1, 0.15) is 0 Å². The van der Waals surface area contributed by atoms with Crippen molar-refractivity contribution in [1.29, 1.82) is 5.26 Å². The first kappa shape index (κ1) is 9.50. The Labute approximate surface area is 78.1 Å². The van der Waals surface area contributed by atoms with E-state index in [2.05, 4.69) is 6.58 Å². The first-order valence-electron chi connectivity index (χ1n) is 4.02. The summed E-state index contributed by atoms with van der Waals surface area (Å²) in [5, 5.41) is 8.40. The minimum absolute atomic E-state index is 0.311. The van der Waals surface area contributed by atoms with E-state index in [1.54, 1.807) is 0 Å². The fourth-order valence-electron chi connectivity index (χ4n) is 0.899. The van der Waals surface area contributed by atoms with Crippen LogP contribution in [0.1, 0.15) is 5.56 Å². The average molecular weight is 173 g/mol. The van der Waals surface area contributed by atoms with Gasteiger partial charge in [-0.25, -0.2) is 0 Å². The topological polar surface area (TPSA) is 33.0 Å². The molecule has 0 atom stereocenters. The lowest BCUT2D eigenvalue weighted by atomic mass is 10.2. The number of hydrogen-bond acceptors (Lipinski definition) is 2. The predicted octanol–water partition coefficient (Wildman–Crippen LogP) is 2.28. The molecule has 0 aliphatic rings. The zero-order valence-electron chi connectivity index (χ0n) is 7.36. The van der Waals surface area contributed by atoms with Gasteiger partial charge in [-0.05, 0) is 5.56 Å². The summed E-state index contributed by atoms with van der Waals surface area (Å²) in [6.07, 6.45) is 0. The average Bonchev–Trinajstić information content (AvgIpc) is 2.19. The quantitative estimate of drug-likeness (QED) is 0.654. The van der Waals surface area contributed by atoms with E-state index in [4.69, 9.17) is 10.00 Å². The van der Waals surface area contributed by atoms with Gasteiger partial charge in [0.25, 0.3) is 0 Å². The summed E-state index contributed by atoms with van der Waals surface area (Å²) in [5.41, 5.74) is 1.56. The van der Waals surface area contributed by atoms with E-state index in [1.807, 2.05) is 36.4 Å². The molecule has 1 aromatic rings. The Kier molecular flexibility index (Phi) is 3.74. The first-order chi connectivity index (χ1) is 6.33. The SMILES string of the molecule is C=C(C#N)COCc1ccccc1. The van der Waals surface area contributed by atoms with Crippen LogP contribution in [0.25, 0.3) is 0 Å². The summed E-state index contributed by atoms with van der Waals surface area (Å²) in [6, 6.07) is 11.8. The van der Waals surface area contributed by atoms with E-state index in [1.165, 1.54) is 0 Å². The van der Waals surface area contributed by atoms with E-state index in [0.29, 0.717) is 18.8 Å². The largest absolute Gasteiger partial charge is 0.371 e. The lowest BCUT2D eigenvalue weighted by Gasteiger charge is -2.01. The summed E-state index contributed by atoms with van der Waals surface area (Å²) >= 11 is 0. The zero-order chi connectivity index (χ0) is 9.52. The van der Waals surface area contributed by atoms with Crippen molar-refractivity contribution in [2.75, 3.05) is 6.61 Å². The van der Waals surface area contributed by atoms with Gasteiger partial charge in [-0.3, -0.25) is 0 Å². The van der Waals surface area contributed by atoms with Crippen LogP contribution in [0.4, 0.5) is 0 Å². The monoisotopic (exact) mass is 173 g/mol. The number of nitriles is 1. The number of ether oxygens (including phenoxy) is 1. The predicted molar refractivity (Wildman–Crippen MR) is 50.9 cm³/mol. The molecule has 0 radical (unpaired) electrons. The molecule has 0 aliphatic heterocycles. The Morgan fingerprint density at radius 3 is 2.69 bits per heavy atom. The van der Waals surface area contributed by atoms with Crippen LogP contribution in [0.3, 0.4) is 0 Å². The van der Waals surface area contributed by atoms with Crippen molar-refractivity contribution in [2.45, 2.75) is 6.61 Å². The van der Waals surface area contributed by atoms with Crippen LogP contribution in [0.5, 0.6) is 0 Å². The van der Waals surface area contributed by atoms with Gasteiger partial charge < -0.3 is 4.74 Å². The fraction of sp³-hybridized carbons (Fsp3) is 0.182. The van der Waals surface area contributed by atoms with Gasteiger partial charge in [0.05, 0.1) is 19.3 Å². The van der Waals surface area contributed by atoms with Crippen LogP contribution < -0.4 is 0 Å². The third-order valence-corrected chi connectivity index (χ3v) is 1.55. The van der Waals surface area contributed by atoms with Crippen LogP contribution in [0.15, 0.2) is 42.5 Å². The lowest BCUT2D eigenvalue weighted by Crippen LogP contribution is -1.96. The van der Waals surface area contributed by atoms with E-state index < -0.39 is 0 Å². The van der Waals surface area contributed by atoms with Gasteiger partial charge in [0, 0.05) is 5.57 Å². The zero-order valence-corrected chi connectivity index (χ0v) is 7.36. The van der Waals surface area contributed by atoms with E-state index in [0.717, 1.165) is 5.56 Å². The molecule has 13 heavy (non-hydrogen) atoms. The molecule has 0 fully saturated rings. The third kappa shape index (κ3) is 3.55. The lowest BCUT2D eigenvalue weighted by molar-refractivity contribution is 0.145. The number of hydrogen-bond donors (Lipinski definition) is 0. The maximum Gasteiger partial charge on any atom is 0.0965 e. The summed E-state index contributed by atoms with van der Waals surface area (Å²) in [5.74, 6) is 0. The van der Waals surface area contributed by atoms with Crippen molar-refractivity contribution in [2.24, 2.45) is 0 Å². The van der Waals surface area contributed by atoms with Crippen LogP contribution in [-0.4, -0.2) is 6.61 Å². The molecule has 0 spiro atoms. The molecule has 1 rings (SSSR count). The summed E-state index contributed by atoms with van der Waals surface area (Å²) in [7, 11) is 0. The molecule has 0 amide bonds. The number of nitrogens with zero attached hydrogens (tertiary/aromatic N) is 1. The molecule has 2 heteroatoms. The highest BCUT2D eigenvalue weighted by molar-refractivity contribution is 5.16. The standard InChI is InChI=1S/C11H11NO/c1-10(7-12)8-13-9-11-5-3-2-4-6-11/h2-6H,1,8-9H2. The van der Waals surface area contributed by atoms with Crippen LogP contribution in [-0.2, 0) is 11.3 Å². The van der Waals surface area contributed by atoms with Crippen LogP contribution in [0.2, 0.25) is 0 Å². The van der Waals surface area contributed by atoms with Crippen molar-refractivity contribution >= 4 is 0 Å². The summed E-state index contributed by atoms with van der Waals surface area (Å²) in [6.45, 7) is 4.36. The molecular formula is C11H11NO. The molecule has 0 bridgehead atoms. The molecule has 1 aromatic carbocycles. The molecule has 0 saturated carbocycles. The molecule has 0 unspecified atom stereocenters. The minimum atomic E-state index is 0.311. The maximum atomic E-state index is 8.40. The highest BCUT2D eigenvalue weighted by Crippen LogP contribution is 2.01. The van der Waals surface area contributed by atoms with E-state index >= 15 is 0 Å². The Balaban J connectivity index is 2.29. The van der Waals surface area contributed by atoms with Gasteiger partial charge >= 0.3 is 0 Å². The van der Waals surface area contributed by atoms with Gasteiger partial charge in [0.15, 0.2) is 0 Å². The third-order valence-electron chi connectivity index (χ3n) is 1.55. The number of rotatable bonds is 4. The smallest absolute Gasteiger partial charge is 0.0965 e. The molecule has 0 saturated heterocycles. The van der Waals surface area contributed by atoms with Crippen LogP contribution in [0, 0.1) is 11.3 Å². The second-order valence-electron chi connectivity index (χ2n) is 2.69. The van der Waals surface area contributed by atoms with Crippen molar-refractivity contribution < 1.29 is 4.74 Å². The molecule has 0 N–H and O–H groups in total. The van der Waals surface area contributed by atoms with Gasteiger partial charge in [-0.1, -0.05) is 36.9 Å². The molecule has 0 heterocycles. The second kappa shape index (κ2) is 5.13. The van der Waals surface area contributed by atoms with Crippen molar-refractivity contribution in [3.63, 3.8) is 0 Å². The second-order valence-corrected chi connectivity index (χ2v) is 2.69. The Bertz CT molecular complexity index is 311. The summed E-state index contributed by atoms with van der Waals surface area (Å²) < 4.78 is 5.25. The highest BCUT2D eigenvalue weighted by Gasteiger charge is 1.93. The molecule has 0 aromatic heterocycles. The fourth-order valence-corrected chi connectivity index (χ4v) is 0.899. The molecule has 66 valence electrons. The van der Waals surface area contributed by atoms with Crippen molar-refractivity contribution in [3.05, 3.63) is 48.0 Å². The van der Waals surface area contributed by atoms with Crippen molar-refractivity contribution in [3.8, 4) is 6.07 Å². The van der Waals surface area contributed by atoms with Gasteiger partial charge in [0.2, 0.25) is 0 Å². The highest BCUT2D eigenvalue weighted by atomic mass is 16.5. The maximum absolute atomic E-state index is 8.40. The van der Waals surface area contributed by atoms with Crippen molar-refractivity contribution in [1.82, 2.24) is 0 Å². The van der Waals surface area contributed by atoms with Crippen LogP contribution >= 0.6 is 0 Å². The Hall–Kier alpha value is -1.59. The van der Waals surface area contributed by atoms with E-state index in [9.17, 15) is 0 Å². The summed E-state index contributed by atoms with van der Waals surface area (Å²) in [4.78, 5) is 0. The Morgan fingerprint density at radius 2 is 2.08 bits per heavy atom. The van der Waals surface area contributed by atoms with Gasteiger partial charge in [-0.15, -0.1) is 0 Å². The molecule has 2 nitrogen and oxygen atoms in total.